The number of urea groups is 1. The first-order valence-electron chi connectivity index (χ1n) is 5.99. The molecule has 112 valence electrons. The normalized spacial score (nSPS) is 12.8. The molecule has 8 heteroatoms. The Morgan fingerprint density at radius 1 is 1.32 bits per heavy atom. The van der Waals surface area contributed by atoms with E-state index in [2.05, 4.69) is 0 Å². The van der Waals surface area contributed by atoms with E-state index in [0.717, 1.165) is 6.26 Å². The molecule has 0 aliphatic rings. The van der Waals surface area contributed by atoms with Crippen molar-refractivity contribution in [2.45, 2.75) is 26.3 Å². The SMILES string of the molecule is CCN(C(=O)N(C)CCS(C)(=O)=O)C(C)CC(=O)O. The predicted octanol–water partition coefficient (Wildman–Crippen LogP) is 0.268. The Morgan fingerprint density at radius 2 is 1.84 bits per heavy atom. The van der Waals surface area contributed by atoms with Gasteiger partial charge in [0.2, 0.25) is 0 Å². The van der Waals surface area contributed by atoms with Crippen LogP contribution in [0.5, 0.6) is 0 Å². The van der Waals surface area contributed by atoms with Crippen molar-refractivity contribution in [2.75, 3.05) is 32.1 Å². The Labute approximate surface area is 114 Å². The fraction of sp³-hybridized carbons (Fsp3) is 0.818. The van der Waals surface area contributed by atoms with Gasteiger partial charge < -0.3 is 14.9 Å². The maximum absolute atomic E-state index is 12.1. The van der Waals surface area contributed by atoms with Crippen molar-refractivity contribution in [3.63, 3.8) is 0 Å². The Hall–Kier alpha value is -1.31. The van der Waals surface area contributed by atoms with E-state index in [-0.39, 0.29) is 24.7 Å². The van der Waals surface area contributed by atoms with E-state index in [9.17, 15) is 18.0 Å². The first kappa shape index (κ1) is 17.7. The summed E-state index contributed by atoms with van der Waals surface area (Å²) in [4.78, 5) is 25.4. The summed E-state index contributed by atoms with van der Waals surface area (Å²) >= 11 is 0. The maximum atomic E-state index is 12.1. The highest BCUT2D eigenvalue weighted by Crippen LogP contribution is 2.07. The Morgan fingerprint density at radius 3 is 2.21 bits per heavy atom. The third kappa shape index (κ3) is 7.00. The summed E-state index contributed by atoms with van der Waals surface area (Å²) < 4.78 is 22.1. The van der Waals surface area contributed by atoms with Crippen LogP contribution in [0.3, 0.4) is 0 Å². The van der Waals surface area contributed by atoms with Crippen molar-refractivity contribution in [1.29, 1.82) is 0 Å². The quantitative estimate of drug-likeness (QED) is 0.727. The molecule has 7 nitrogen and oxygen atoms in total. The van der Waals surface area contributed by atoms with Crippen molar-refractivity contribution in [3.8, 4) is 0 Å². The minimum atomic E-state index is -3.13. The van der Waals surface area contributed by atoms with Gasteiger partial charge in [-0.15, -0.1) is 0 Å². The number of rotatable bonds is 7. The summed E-state index contributed by atoms with van der Waals surface area (Å²) in [6.45, 7) is 3.87. The second-order valence-electron chi connectivity index (χ2n) is 4.57. The van der Waals surface area contributed by atoms with Crippen molar-refractivity contribution < 1.29 is 23.1 Å². The van der Waals surface area contributed by atoms with Crippen LogP contribution in [0.1, 0.15) is 20.3 Å². The number of carbonyl (C=O) groups excluding carboxylic acids is 1. The highest BCUT2D eigenvalue weighted by molar-refractivity contribution is 7.90. The molecule has 0 heterocycles. The smallest absolute Gasteiger partial charge is 0.320 e. The predicted molar refractivity (Wildman–Crippen MR) is 71.8 cm³/mol. The molecule has 0 aromatic rings. The fourth-order valence-electron chi connectivity index (χ4n) is 1.62. The third-order valence-corrected chi connectivity index (χ3v) is 3.64. The summed E-state index contributed by atoms with van der Waals surface area (Å²) in [5.41, 5.74) is 0. The van der Waals surface area contributed by atoms with Crippen molar-refractivity contribution in [1.82, 2.24) is 9.80 Å². The first-order chi connectivity index (χ1) is 8.58. The molecular weight excluding hydrogens is 272 g/mol. The highest BCUT2D eigenvalue weighted by Gasteiger charge is 2.23. The maximum Gasteiger partial charge on any atom is 0.320 e. The number of aliphatic carboxylic acids is 1. The summed E-state index contributed by atoms with van der Waals surface area (Å²) in [6.07, 6.45) is 0.968. The minimum absolute atomic E-state index is 0.0912. The monoisotopic (exact) mass is 294 g/mol. The van der Waals surface area contributed by atoms with Crippen LogP contribution in [0.4, 0.5) is 4.79 Å². The molecular formula is C11H22N2O5S. The van der Waals surface area contributed by atoms with Gasteiger partial charge in [0.05, 0.1) is 12.2 Å². The molecule has 0 aliphatic carbocycles. The third-order valence-electron chi connectivity index (χ3n) is 2.71. The minimum Gasteiger partial charge on any atom is -0.481 e. The molecule has 0 bridgehead atoms. The second kappa shape index (κ2) is 7.32. The average molecular weight is 294 g/mol. The molecule has 0 aliphatic heterocycles. The number of carbonyl (C=O) groups is 2. The fourth-order valence-corrected chi connectivity index (χ4v) is 2.22. The van der Waals surface area contributed by atoms with Crippen LogP contribution < -0.4 is 0 Å². The van der Waals surface area contributed by atoms with Gasteiger partial charge in [0.25, 0.3) is 0 Å². The van der Waals surface area contributed by atoms with E-state index in [1.54, 1.807) is 13.8 Å². The van der Waals surface area contributed by atoms with Gasteiger partial charge in [-0.1, -0.05) is 0 Å². The number of sulfone groups is 1. The summed E-state index contributed by atoms with van der Waals surface area (Å²) in [7, 11) is -1.63. The number of carboxylic acids is 1. The summed E-state index contributed by atoms with van der Waals surface area (Å²) in [6, 6.07) is -0.796. The van der Waals surface area contributed by atoms with Crippen LogP contribution in [-0.2, 0) is 14.6 Å². The van der Waals surface area contributed by atoms with Crippen LogP contribution >= 0.6 is 0 Å². The van der Waals surface area contributed by atoms with E-state index in [0.29, 0.717) is 6.54 Å². The standard InChI is InChI=1S/C11H22N2O5S/c1-5-13(9(2)8-10(14)15)11(16)12(3)6-7-19(4,17)18/h9H,5-8H2,1-4H3,(H,14,15). The zero-order valence-corrected chi connectivity index (χ0v) is 12.6. The molecule has 0 aromatic heterocycles. The van der Waals surface area contributed by atoms with E-state index in [4.69, 9.17) is 5.11 Å². The average Bonchev–Trinajstić information content (AvgIpc) is 2.24. The molecule has 1 atom stereocenters. The lowest BCUT2D eigenvalue weighted by molar-refractivity contribution is -0.138. The van der Waals surface area contributed by atoms with Crippen LogP contribution in [0.15, 0.2) is 0 Å². The molecule has 0 saturated heterocycles. The molecule has 0 radical (unpaired) electrons. The zero-order chi connectivity index (χ0) is 15.2. The molecule has 1 unspecified atom stereocenters. The summed E-state index contributed by atoms with van der Waals surface area (Å²) in [5.74, 6) is -1.09. The largest absolute Gasteiger partial charge is 0.481 e. The van der Waals surface area contributed by atoms with E-state index < -0.39 is 21.8 Å². The lowest BCUT2D eigenvalue weighted by Gasteiger charge is -2.31. The van der Waals surface area contributed by atoms with Gasteiger partial charge in [0.1, 0.15) is 9.84 Å². The van der Waals surface area contributed by atoms with Gasteiger partial charge in [-0.2, -0.15) is 0 Å². The molecule has 0 saturated carbocycles. The van der Waals surface area contributed by atoms with Crippen LogP contribution in [-0.4, -0.2) is 73.5 Å². The van der Waals surface area contributed by atoms with Crippen molar-refractivity contribution in [2.24, 2.45) is 0 Å². The lowest BCUT2D eigenvalue weighted by Crippen LogP contribution is -2.47. The Balaban J connectivity index is 4.61. The van der Waals surface area contributed by atoms with Gasteiger partial charge in [-0.05, 0) is 13.8 Å². The molecule has 0 fully saturated rings. The number of amides is 2. The van der Waals surface area contributed by atoms with Crippen molar-refractivity contribution in [3.05, 3.63) is 0 Å². The number of carboxylic acid groups (broad SMARTS) is 1. The first-order valence-corrected chi connectivity index (χ1v) is 8.05. The zero-order valence-electron chi connectivity index (χ0n) is 11.8. The molecule has 19 heavy (non-hydrogen) atoms. The van der Waals surface area contributed by atoms with Crippen molar-refractivity contribution >= 4 is 21.8 Å². The number of nitrogens with zero attached hydrogens (tertiary/aromatic N) is 2. The Bertz CT molecular complexity index is 421. The van der Waals surface area contributed by atoms with Gasteiger partial charge in [-0.3, -0.25) is 4.79 Å². The topological polar surface area (TPSA) is 95.0 Å². The molecule has 0 aromatic carbocycles. The number of hydrogen-bond donors (Lipinski definition) is 1. The van der Waals surface area contributed by atoms with E-state index in [1.165, 1.54) is 16.8 Å². The highest BCUT2D eigenvalue weighted by atomic mass is 32.2. The van der Waals surface area contributed by atoms with Gasteiger partial charge in [0, 0.05) is 32.4 Å². The Kier molecular flexibility index (Phi) is 6.82. The molecule has 0 rings (SSSR count). The molecule has 1 N–H and O–H groups in total. The van der Waals surface area contributed by atoms with Gasteiger partial charge >= 0.3 is 12.0 Å². The number of hydrogen-bond acceptors (Lipinski definition) is 4. The second-order valence-corrected chi connectivity index (χ2v) is 6.83. The molecule has 0 spiro atoms. The molecule has 2 amide bonds. The van der Waals surface area contributed by atoms with Gasteiger partial charge in [-0.25, -0.2) is 13.2 Å². The van der Waals surface area contributed by atoms with Crippen LogP contribution in [0, 0.1) is 0 Å². The summed E-state index contributed by atoms with van der Waals surface area (Å²) in [5, 5.41) is 8.73. The lowest BCUT2D eigenvalue weighted by atomic mass is 10.2. The van der Waals surface area contributed by atoms with E-state index >= 15 is 0 Å². The van der Waals surface area contributed by atoms with Crippen LogP contribution in [0.25, 0.3) is 0 Å². The van der Waals surface area contributed by atoms with Gasteiger partial charge in [0.15, 0.2) is 0 Å². The van der Waals surface area contributed by atoms with Crippen LogP contribution in [0.2, 0.25) is 0 Å². The van der Waals surface area contributed by atoms with E-state index in [1.807, 2.05) is 0 Å².